The van der Waals surface area contributed by atoms with Gasteiger partial charge in [0.05, 0.1) is 0 Å². The lowest BCUT2D eigenvalue weighted by molar-refractivity contribution is 0.112. The molecule has 2 nitrogen and oxygen atoms in total. The van der Waals surface area contributed by atoms with Crippen LogP contribution in [0.5, 0.6) is 5.75 Å². The van der Waals surface area contributed by atoms with Crippen LogP contribution < -0.4 is 4.74 Å². The van der Waals surface area contributed by atoms with Gasteiger partial charge in [0, 0.05) is 5.56 Å². The molecule has 0 N–H and O–H groups in total. The van der Waals surface area contributed by atoms with Crippen molar-refractivity contribution in [2.24, 2.45) is 0 Å². The molecule has 1 rings (SSSR count). The fourth-order valence-corrected chi connectivity index (χ4v) is 0.869. The van der Waals surface area contributed by atoms with Gasteiger partial charge in [-0.05, 0) is 19.1 Å². The van der Waals surface area contributed by atoms with Gasteiger partial charge in [-0.15, -0.1) is 5.92 Å². The first-order valence-electron chi connectivity index (χ1n) is 3.94. The molecule has 0 heterocycles. The number of hydrogen-bond acceptors (Lipinski definition) is 2. The number of aldehydes is 1. The van der Waals surface area contributed by atoms with Crippen molar-refractivity contribution in [2.45, 2.75) is 6.92 Å². The quantitative estimate of drug-likeness (QED) is 0.516. The highest BCUT2D eigenvalue weighted by Gasteiger charge is 1.93. The molecule has 1 aromatic carbocycles. The second-order valence-electron chi connectivity index (χ2n) is 2.41. The van der Waals surface area contributed by atoms with Gasteiger partial charge >= 0.3 is 0 Å². The molecular weight excluding hydrogens is 164 g/mol. The second-order valence-corrected chi connectivity index (χ2v) is 2.41. The van der Waals surface area contributed by atoms with E-state index in [1.807, 2.05) is 0 Å². The Morgan fingerprint density at radius 3 is 3.08 bits per heavy atom. The fraction of sp³-hybridized carbons (Fsp3) is 0.182. The summed E-state index contributed by atoms with van der Waals surface area (Å²) in [7, 11) is 0. The Kier molecular flexibility index (Phi) is 3.59. The SMILES string of the molecule is CC#CCOc1cccc(C=O)c1. The van der Waals surface area contributed by atoms with E-state index < -0.39 is 0 Å². The predicted molar refractivity (Wildman–Crippen MR) is 50.8 cm³/mol. The van der Waals surface area contributed by atoms with Crippen molar-refractivity contribution in [3.05, 3.63) is 29.8 Å². The summed E-state index contributed by atoms with van der Waals surface area (Å²) in [6.45, 7) is 2.12. The van der Waals surface area contributed by atoms with Gasteiger partial charge in [-0.3, -0.25) is 4.79 Å². The highest BCUT2D eigenvalue weighted by molar-refractivity contribution is 5.75. The molecule has 13 heavy (non-hydrogen) atoms. The molecule has 0 radical (unpaired) electrons. The standard InChI is InChI=1S/C11H10O2/c1-2-3-7-13-11-6-4-5-10(8-11)9-12/h4-6,8-9H,7H2,1H3. The van der Waals surface area contributed by atoms with Gasteiger partial charge in [0.15, 0.2) is 0 Å². The van der Waals surface area contributed by atoms with Crippen molar-refractivity contribution in [2.75, 3.05) is 6.61 Å². The van der Waals surface area contributed by atoms with Crippen molar-refractivity contribution in [3.63, 3.8) is 0 Å². The molecule has 0 bridgehead atoms. The monoisotopic (exact) mass is 174 g/mol. The zero-order valence-corrected chi connectivity index (χ0v) is 7.41. The highest BCUT2D eigenvalue weighted by atomic mass is 16.5. The fourth-order valence-electron chi connectivity index (χ4n) is 0.869. The number of carbonyl (C=O) groups excluding carboxylic acids is 1. The highest BCUT2D eigenvalue weighted by Crippen LogP contribution is 2.11. The maximum absolute atomic E-state index is 10.4. The Bertz CT molecular complexity index is 345. The largest absolute Gasteiger partial charge is 0.481 e. The molecule has 0 fully saturated rings. The normalized spacial score (nSPS) is 8.38. The van der Waals surface area contributed by atoms with Gasteiger partial charge in [-0.25, -0.2) is 0 Å². The molecule has 0 saturated heterocycles. The van der Waals surface area contributed by atoms with Crippen LogP contribution in [0.4, 0.5) is 0 Å². The molecule has 0 unspecified atom stereocenters. The summed E-state index contributed by atoms with van der Waals surface area (Å²) in [5.41, 5.74) is 0.613. The number of benzene rings is 1. The van der Waals surface area contributed by atoms with E-state index in [4.69, 9.17) is 4.74 Å². The second kappa shape index (κ2) is 5.00. The topological polar surface area (TPSA) is 26.3 Å². The lowest BCUT2D eigenvalue weighted by atomic mass is 10.2. The molecule has 0 saturated carbocycles. The smallest absolute Gasteiger partial charge is 0.150 e. The zero-order valence-electron chi connectivity index (χ0n) is 7.41. The number of hydrogen-bond donors (Lipinski definition) is 0. The van der Waals surface area contributed by atoms with Crippen molar-refractivity contribution in [1.82, 2.24) is 0 Å². The lowest BCUT2D eigenvalue weighted by Crippen LogP contribution is -1.94. The Morgan fingerprint density at radius 1 is 1.54 bits per heavy atom. The molecule has 0 aromatic heterocycles. The average Bonchev–Trinajstić information content (AvgIpc) is 2.19. The summed E-state index contributed by atoms with van der Waals surface area (Å²) < 4.78 is 5.26. The van der Waals surface area contributed by atoms with Crippen LogP contribution in [0, 0.1) is 11.8 Å². The summed E-state index contributed by atoms with van der Waals surface area (Å²) in [5, 5.41) is 0. The van der Waals surface area contributed by atoms with E-state index in [1.54, 1.807) is 31.2 Å². The van der Waals surface area contributed by atoms with Crippen molar-refractivity contribution < 1.29 is 9.53 Å². The van der Waals surface area contributed by atoms with Gasteiger partial charge in [-0.1, -0.05) is 18.1 Å². The van der Waals surface area contributed by atoms with Crippen LogP contribution in [0.15, 0.2) is 24.3 Å². The summed E-state index contributed by atoms with van der Waals surface area (Å²) in [6.07, 6.45) is 0.790. The van der Waals surface area contributed by atoms with Crippen LogP contribution in [0.3, 0.4) is 0 Å². The Labute approximate surface area is 77.5 Å². The third-order valence-corrected chi connectivity index (χ3v) is 1.48. The van der Waals surface area contributed by atoms with Crippen LogP contribution >= 0.6 is 0 Å². The van der Waals surface area contributed by atoms with Crippen molar-refractivity contribution in [1.29, 1.82) is 0 Å². The lowest BCUT2D eigenvalue weighted by Gasteiger charge is -2.01. The van der Waals surface area contributed by atoms with E-state index in [9.17, 15) is 4.79 Å². The molecule has 66 valence electrons. The minimum atomic E-state index is 0.360. The van der Waals surface area contributed by atoms with Gasteiger partial charge in [0.25, 0.3) is 0 Å². The van der Waals surface area contributed by atoms with Crippen molar-refractivity contribution >= 4 is 6.29 Å². The average molecular weight is 174 g/mol. The Balaban J connectivity index is 2.64. The van der Waals surface area contributed by atoms with E-state index in [2.05, 4.69) is 11.8 Å². The summed E-state index contributed by atoms with van der Waals surface area (Å²) in [6, 6.07) is 6.98. The maximum atomic E-state index is 10.4. The molecule has 0 aliphatic carbocycles. The van der Waals surface area contributed by atoms with E-state index in [-0.39, 0.29) is 0 Å². The molecule has 0 atom stereocenters. The first-order valence-corrected chi connectivity index (χ1v) is 3.94. The van der Waals surface area contributed by atoms with Crippen LogP contribution in [-0.4, -0.2) is 12.9 Å². The molecule has 0 spiro atoms. The summed E-state index contributed by atoms with van der Waals surface area (Å²) >= 11 is 0. The first-order chi connectivity index (χ1) is 6.36. The van der Waals surface area contributed by atoms with E-state index in [0.717, 1.165) is 6.29 Å². The van der Waals surface area contributed by atoms with Gasteiger partial charge in [0.2, 0.25) is 0 Å². The van der Waals surface area contributed by atoms with E-state index in [1.165, 1.54) is 0 Å². The molecule has 0 aliphatic heterocycles. The Hall–Kier alpha value is -1.75. The van der Waals surface area contributed by atoms with Crippen LogP contribution in [-0.2, 0) is 0 Å². The first kappa shape index (κ1) is 9.34. The number of ether oxygens (including phenoxy) is 1. The van der Waals surface area contributed by atoms with E-state index in [0.29, 0.717) is 17.9 Å². The number of rotatable bonds is 3. The van der Waals surface area contributed by atoms with Crippen LogP contribution in [0.1, 0.15) is 17.3 Å². The third kappa shape index (κ3) is 3.00. The van der Waals surface area contributed by atoms with Gasteiger partial charge in [0.1, 0.15) is 18.6 Å². The molecule has 2 heteroatoms. The third-order valence-electron chi connectivity index (χ3n) is 1.48. The molecular formula is C11H10O2. The zero-order chi connectivity index (χ0) is 9.52. The van der Waals surface area contributed by atoms with E-state index >= 15 is 0 Å². The van der Waals surface area contributed by atoms with Crippen molar-refractivity contribution in [3.8, 4) is 17.6 Å². The summed E-state index contributed by atoms with van der Waals surface area (Å²) in [5.74, 6) is 6.17. The Morgan fingerprint density at radius 2 is 2.38 bits per heavy atom. The molecule has 0 aliphatic rings. The van der Waals surface area contributed by atoms with Crippen LogP contribution in [0.25, 0.3) is 0 Å². The van der Waals surface area contributed by atoms with Gasteiger partial charge < -0.3 is 4.74 Å². The maximum Gasteiger partial charge on any atom is 0.150 e. The summed E-state index contributed by atoms with van der Waals surface area (Å²) in [4.78, 5) is 10.4. The minimum absolute atomic E-state index is 0.360. The van der Waals surface area contributed by atoms with Crippen LogP contribution in [0.2, 0.25) is 0 Å². The molecule has 1 aromatic rings. The van der Waals surface area contributed by atoms with Gasteiger partial charge in [-0.2, -0.15) is 0 Å². The minimum Gasteiger partial charge on any atom is -0.481 e. The number of carbonyl (C=O) groups is 1. The molecule has 0 amide bonds. The predicted octanol–water partition coefficient (Wildman–Crippen LogP) is 1.90.